The third-order valence-electron chi connectivity index (χ3n) is 1.91. The molecule has 0 heterocycles. The number of ether oxygens (including phenoxy) is 2. The highest BCUT2D eigenvalue weighted by Crippen LogP contribution is 2.00. The summed E-state index contributed by atoms with van der Waals surface area (Å²) in [4.78, 5) is 22.7. The van der Waals surface area contributed by atoms with Gasteiger partial charge in [-0.1, -0.05) is 25.8 Å². The monoisotopic (exact) mass is 265 g/mol. The Morgan fingerprint density at radius 2 is 1.89 bits per heavy atom. The van der Waals surface area contributed by atoms with E-state index in [-0.39, 0.29) is 12.2 Å². The molecular formula is C14H19NO4. The highest BCUT2D eigenvalue weighted by molar-refractivity contribution is 5.88. The van der Waals surface area contributed by atoms with Gasteiger partial charge in [0.15, 0.2) is 6.23 Å². The van der Waals surface area contributed by atoms with Gasteiger partial charge < -0.3 is 14.8 Å². The van der Waals surface area contributed by atoms with Crippen LogP contribution in [0.5, 0.6) is 0 Å². The molecule has 5 nitrogen and oxygen atoms in total. The minimum absolute atomic E-state index is 0.138. The Bertz CT molecular complexity index is 410. The molecule has 19 heavy (non-hydrogen) atoms. The maximum Gasteiger partial charge on any atom is 0.335 e. The summed E-state index contributed by atoms with van der Waals surface area (Å²) in [5, 5.41) is 2.72. The van der Waals surface area contributed by atoms with E-state index < -0.39 is 18.2 Å². The lowest BCUT2D eigenvalue weighted by molar-refractivity contribution is -0.142. The van der Waals surface area contributed by atoms with Gasteiger partial charge in [-0.05, 0) is 19.9 Å². The molecule has 0 rings (SSSR count). The van der Waals surface area contributed by atoms with E-state index in [2.05, 4.69) is 25.1 Å². The van der Waals surface area contributed by atoms with Crippen molar-refractivity contribution in [3.8, 4) is 0 Å². The second-order valence-corrected chi connectivity index (χ2v) is 3.72. The van der Waals surface area contributed by atoms with Crippen LogP contribution < -0.4 is 5.32 Å². The second kappa shape index (κ2) is 8.74. The van der Waals surface area contributed by atoms with Crippen LogP contribution >= 0.6 is 0 Å². The number of rotatable bonds is 8. The fourth-order valence-electron chi connectivity index (χ4n) is 0.881. The van der Waals surface area contributed by atoms with Crippen LogP contribution in [0.15, 0.2) is 49.2 Å². The molecule has 0 radical (unpaired) electrons. The van der Waals surface area contributed by atoms with Gasteiger partial charge in [0.2, 0.25) is 0 Å². The van der Waals surface area contributed by atoms with E-state index in [1.54, 1.807) is 6.92 Å². The van der Waals surface area contributed by atoms with Crippen molar-refractivity contribution in [2.24, 2.45) is 0 Å². The van der Waals surface area contributed by atoms with E-state index in [9.17, 15) is 9.59 Å². The molecule has 0 saturated carbocycles. The summed E-state index contributed by atoms with van der Waals surface area (Å²) in [5.41, 5.74) is 0.611. The maximum absolute atomic E-state index is 11.4. The molecule has 104 valence electrons. The van der Waals surface area contributed by atoms with Crippen LogP contribution in [0.1, 0.15) is 13.8 Å². The van der Waals surface area contributed by atoms with Gasteiger partial charge in [0.25, 0.3) is 0 Å². The van der Waals surface area contributed by atoms with E-state index >= 15 is 0 Å². The van der Waals surface area contributed by atoms with Crippen molar-refractivity contribution in [2.45, 2.75) is 20.1 Å². The molecular weight excluding hydrogens is 246 g/mol. The Balaban J connectivity index is 4.43. The highest BCUT2D eigenvalue weighted by atomic mass is 16.6. The van der Waals surface area contributed by atoms with E-state index in [1.807, 2.05) is 0 Å². The van der Waals surface area contributed by atoms with E-state index in [0.29, 0.717) is 5.57 Å². The molecule has 0 amide bonds. The second-order valence-electron chi connectivity index (χ2n) is 3.72. The standard InChI is InChI=1S/C14H19NO4/c1-6-8-18-14(17)11(5)9-15-12(7-2)19-13(16)10(3)4/h6-7,9,12,15H,1-3,8H2,4-5H3. The lowest BCUT2D eigenvalue weighted by atomic mass is 10.3. The number of nitrogens with one attached hydrogen (secondary N) is 1. The summed E-state index contributed by atoms with van der Waals surface area (Å²) in [5.74, 6) is -1.03. The van der Waals surface area contributed by atoms with Crippen molar-refractivity contribution >= 4 is 11.9 Å². The van der Waals surface area contributed by atoms with Gasteiger partial charge in [-0.25, -0.2) is 9.59 Å². The lowest BCUT2D eigenvalue weighted by Gasteiger charge is -2.14. The first-order chi connectivity index (χ1) is 8.92. The lowest BCUT2D eigenvalue weighted by Crippen LogP contribution is -2.29. The quantitative estimate of drug-likeness (QED) is 0.314. The molecule has 0 bridgehead atoms. The Labute approximate surface area is 113 Å². The topological polar surface area (TPSA) is 64.6 Å². The molecule has 0 fully saturated rings. The summed E-state index contributed by atoms with van der Waals surface area (Å²) >= 11 is 0. The highest BCUT2D eigenvalue weighted by Gasteiger charge is 2.11. The molecule has 0 aliphatic rings. The third kappa shape index (κ3) is 6.88. The minimum atomic E-state index is -0.744. The maximum atomic E-state index is 11.4. The molecule has 0 aliphatic heterocycles. The van der Waals surface area contributed by atoms with Crippen molar-refractivity contribution < 1.29 is 19.1 Å². The largest absolute Gasteiger partial charge is 0.458 e. The van der Waals surface area contributed by atoms with Crippen LogP contribution in [-0.2, 0) is 19.1 Å². The van der Waals surface area contributed by atoms with E-state index in [1.165, 1.54) is 25.3 Å². The summed E-state index contributed by atoms with van der Waals surface area (Å²) in [7, 11) is 0. The zero-order valence-electron chi connectivity index (χ0n) is 11.3. The van der Waals surface area contributed by atoms with Crippen LogP contribution in [0, 0.1) is 0 Å². The molecule has 0 aromatic carbocycles. The summed E-state index contributed by atoms with van der Waals surface area (Å²) in [6, 6.07) is 0. The van der Waals surface area contributed by atoms with Gasteiger partial charge >= 0.3 is 11.9 Å². The first-order valence-corrected chi connectivity index (χ1v) is 5.62. The molecule has 0 saturated heterocycles. The van der Waals surface area contributed by atoms with Crippen molar-refractivity contribution in [3.05, 3.63) is 49.2 Å². The van der Waals surface area contributed by atoms with Crippen LogP contribution in [0.3, 0.4) is 0 Å². The zero-order valence-corrected chi connectivity index (χ0v) is 11.3. The van der Waals surface area contributed by atoms with Gasteiger partial charge in [0.05, 0.1) is 0 Å². The molecule has 0 aromatic heterocycles. The minimum Gasteiger partial charge on any atom is -0.458 e. The predicted octanol–water partition coefficient (Wildman–Crippen LogP) is 1.84. The number of hydrogen-bond donors (Lipinski definition) is 1. The Morgan fingerprint density at radius 3 is 2.37 bits per heavy atom. The Kier molecular flexibility index (Phi) is 7.68. The summed E-state index contributed by atoms with van der Waals surface area (Å²) in [6.07, 6.45) is 3.51. The van der Waals surface area contributed by atoms with Gasteiger partial charge in [-0.2, -0.15) is 0 Å². The first kappa shape index (κ1) is 16.7. The van der Waals surface area contributed by atoms with Crippen LogP contribution in [-0.4, -0.2) is 24.8 Å². The molecule has 0 aromatic rings. The average Bonchev–Trinajstić information content (AvgIpc) is 2.39. The number of carbonyl (C=O) groups excluding carboxylic acids is 2. The van der Waals surface area contributed by atoms with Gasteiger partial charge in [0.1, 0.15) is 6.61 Å². The molecule has 1 atom stereocenters. The number of carbonyl (C=O) groups is 2. The molecule has 1 N–H and O–H groups in total. The van der Waals surface area contributed by atoms with E-state index in [4.69, 9.17) is 9.47 Å². The molecule has 0 spiro atoms. The van der Waals surface area contributed by atoms with Gasteiger partial charge in [-0.15, -0.1) is 0 Å². The predicted molar refractivity (Wildman–Crippen MR) is 72.9 cm³/mol. The van der Waals surface area contributed by atoms with Crippen molar-refractivity contribution in [2.75, 3.05) is 6.61 Å². The Hall–Kier alpha value is -2.30. The van der Waals surface area contributed by atoms with Crippen molar-refractivity contribution in [1.29, 1.82) is 0 Å². The van der Waals surface area contributed by atoms with Crippen LogP contribution in [0.25, 0.3) is 0 Å². The zero-order chi connectivity index (χ0) is 14.8. The molecule has 1 unspecified atom stereocenters. The van der Waals surface area contributed by atoms with E-state index in [0.717, 1.165) is 0 Å². The number of hydrogen-bond acceptors (Lipinski definition) is 5. The molecule has 5 heteroatoms. The molecule has 0 aliphatic carbocycles. The van der Waals surface area contributed by atoms with Gasteiger partial charge in [-0.3, -0.25) is 0 Å². The van der Waals surface area contributed by atoms with Crippen LogP contribution in [0.4, 0.5) is 0 Å². The summed E-state index contributed by atoms with van der Waals surface area (Å²) in [6.45, 7) is 13.7. The SMILES string of the molecule is C=CCOC(=O)C(C)=CNC(C=C)OC(=O)C(=C)C. The fourth-order valence-corrected chi connectivity index (χ4v) is 0.881. The smallest absolute Gasteiger partial charge is 0.335 e. The normalized spacial score (nSPS) is 12.0. The third-order valence-corrected chi connectivity index (χ3v) is 1.91. The van der Waals surface area contributed by atoms with Crippen molar-refractivity contribution in [1.82, 2.24) is 5.32 Å². The first-order valence-electron chi connectivity index (χ1n) is 5.62. The average molecular weight is 265 g/mol. The van der Waals surface area contributed by atoms with Gasteiger partial charge in [0, 0.05) is 17.3 Å². The Morgan fingerprint density at radius 1 is 1.26 bits per heavy atom. The summed E-state index contributed by atoms with van der Waals surface area (Å²) < 4.78 is 9.82. The fraction of sp³-hybridized carbons (Fsp3) is 0.286. The van der Waals surface area contributed by atoms with Crippen molar-refractivity contribution in [3.63, 3.8) is 0 Å². The number of esters is 2. The van der Waals surface area contributed by atoms with Crippen LogP contribution in [0.2, 0.25) is 0 Å².